The molecule has 0 aromatic carbocycles. The standard InChI is InChI=1S/C11H13NO2/c1-11(2,3)7-4-9-8(12-6-7)5-10(13)14-9/h4,6H,5H2,1-3H3. The number of hydrogen-bond donors (Lipinski definition) is 0. The van der Waals surface area contributed by atoms with Crippen LogP contribution in [0.15, 0.2) is 12.3 Å². The van der Waals surface area contributed by atoms with E-state index in [1.54, 1.807) is 0 Å². The quantitative estimate of drug-likeness (QED) is 0.587. The van der Waals surface area contributed by atoms with E-state index in [2.05, 4.69) is 25.8 Å². The Morgan fingerprint density at radius 1 is 1.43 bits per heavy atom. The molecule has 0 amide bonds. The summed E-state index contributed by atoms with van der Waals surface area (Å²) in [6, 6.07) is 1.91. The summed E-state index contributed by atoms with van der Waals surface area (Å²) in [6.07, 6.45) is 2.13. The number of carbonyl (C=O) groups is 1. The van der Waals surface area contributed by atoms with Gasteiger partial charge in [0.25, 0.3) is 0 Å². The van der Waals surface area contributed by atoms with E-state index in [1.165, 1.54) is 0 Å². The number of ether oxygens (including phenoxy) is 1. The molecule has 3 nitrogen and oxygen atoms in total. The second kappa shape index (κ2) is 2.80. The lowest BCUT2D eigenvalue weighted by Crippen LogP contribution is -2.11. The Bertz CT molecular complexity index is 391. The van der Waals surface area contributed by atoms with Crippen molar-refractivity contribution in [2.45, 2.75) is 32.6 Å². The van der Waals surface area contributed by atoms with Crippen LogP contribution in [0, 0.1) is 0 Å². The predicted octanol–water partition coefficient (Wildman–Crippen LogP) is 1.84. The molecule has 74 valence electrons. The van der Waals surface area contributed by atoms with Crippen molar-refractivity contribution >= 4 is 5.97 Å². The maximum absolute atomic E-state index is 11.0. The van der Waals surface area contributed by atoms with E-state index in [1.807, 2.05) is 12.3 Å². The van der Waals surface area contributed by atoms with E-state index in [0.29, 0.717) is 12.2 Å². The van der Waals surface area contributed by atoms with Crippen LogP contribution >= 0.6 is 0 Å². The number of aromatic nitrogens is 1. The second-order valence-electron chi connectivity index (χ2n) is 4.57. The van der Waals surface area contributed by atoms with Crippen molar-refractivity contribution in [3.63, 3.8) is 0 Å². The van der Waals surface area contributed by atoms with E-state index in [-0.39, 0.29) is 11.4 Å². The third kappa shape index (κ3) is 1.50. The molecule has 3 heteroatoms. The normalized spacial score (nSPS) is 15.2. The van der Waals surface area contributed by atoms with Gasteiger partial charge in [-0.3, -0.25) is 9.78 Å². The first-order valence-corrected chi connectivity index (χ1v) is 4.67. The summed E-state index contributed by atoms with van der Waals surface area (Å²) < 4.78 is 5.04. The first-order chi connectivity index (χ1) is 6.47. The Kier molecular flexibility index (Phi) is 1.84. The Morgan fingerprint density at radius 3 is 2.79 bits per heavy atom. The maximum atomic E-state index is 11.0. The van der Waals surface area contributed by atoms with Crippen LogP contribution in [-0.4, -0.2) is 11.0 Å². The molecule has 0 atom stereocenters. The van der Waals surface area contributed by atoms with Gasteiger partial charge in [-0.05, 0) is 17.0 Å². The molecule has 0 aliphatic carbocycles. The van der Waals surface area contributed by atoms with Crippen LogP contribution in [0.5, 0.6) is 5.75 Å². The summed E-state index contributed by atoms with van der Waals surface area (Å²) in [6.45, 7) is 6.31. The fourth-order valence-electron chi connectivity index (χ4n) is 1.40. The minimum atomic E-state index is -0.210. The number of rotatable bonds is 0. The van der Waals surface area contributed by atoms with Gasteiger partial charge in [-0.1, -0.05) is 20.8 Å². The SMILES string of the molecule is CC(C)(C)c1cnc2c(c1)OC(=O)C2. The van der Waals surface area contributed by atoms with E-state index in [4.69, 9.17) is 4.74 Å². The third-order valence-electron chi connectivity index (χ3n) is 2.33. The van der Waals surface area contributed by atoms with Gasteiger partial charge in [0.05, 0.1) is 12.1 Å². The third-order valence-corrected chi connectivity index (χ3v) is 2.33. The molecule has 0 unspecified atom stereocenters. The lowest BCUT2D eigenvalue weighted by molar-refractivity contribution is -0.131. The van der Waals surface area contributed by atoms with Gasteiger partial charge in [0.15, 0.2) is 5.75 Å². The zero-order valence-electron chi connectivity index (χ0n) is 8.63. The molecule has 0 fully saturated rings. The Balaban J connectivity index is 2.43. The highest BCUT2D eigenvalue weighted by molar-refractivity contribution is 5.80. The average Bonchev–Trinajstić information content (AvgIpc) is 2.41. The molecule has 0 spiro atoms. The molecule has 0 radical (unpaired) electrons. The first-order valence-electron chi connectivity index (χ1n) is 4.67. The molecule has 0 saturated heterocycles. The average molecular weight is 191 g/mol. The molecule has 1 aliphatic rings. The highest BCUT2D eigenvalue weighted by Crippen LogP contribution is 2.30. The lowest BCUT2D eigenvalue weighted by atomic mass is 9.88. The topological polar surface area (TPSA) is 39.2 Å². The summed E-state index contributed by atoms with van der Waals surface area (Å²) in [7, 11) is 0. The first kappa shape index (κ1) is 9.19. The van der Waals surface area contributed by atoms with Crippen molar-refractivity contribution < 1.29 is 9.53 Å². The number of carbonyl (C=O) groups excluding carboxylic acids is 1. The molecule has 2 heterocycles. The Hall–Kier alpha value is -1.38. The van der Waals surface area contributed by atoms with Crippen molar-refractivity contribution in [2.24, 2.45) is 0 Å². The molecule has 0 bridgehead atoms. The summed E-state index contributed by atoms with van der Waals surface area (Å²) in [5.41, 5.74) is 1.88. The molecule has 1 aromatic heterocycles. The molecule has 2 rings (SSSR count). The smallest absolute Gasteiger partial charge is 0.317 e. The zero-order chi connectivity index (χ0) is 10.3. The van der Waals surface area contributed by atoms with Crippen molar-refractivity contribution in [2.75, 3.05) is 0 Å². The highest BCUT2D eigenvalue weighted by Gasteiger charge is 2.24. The molecular formula is C11H13NO2. The summed E-state index contributed by atoms with van der Waals surface area (Å²) in [4.78, 5) is 15.2. The summed E-state index contributed by atoms with van der Waals surface area (Å²) in [5, 5.41) is 0. The largest absolute Gasteiger partial charge is 0.424 e. The predicted molar refractivity (Wildman–Crippen MR) is 52.3 cm³/mol. The minimum absolute atomic E-state index is 0.0387. The van der Waals surface area contributed by atoms with E-state index < -0.39 is 0 Å². The molecule has 0 N–H and O–H groups in total. The molecule has 0 saturated carbocycles. The second-order valence-corrected chi connectivity index (χ2v) is 4.57. The monoisotopic (exact) mass is 191 g/mol. The molecule has 14 heavy (non-hydrogen) atoms. The van der Waals surface area contributed by atoms with Crippen LogP contribution in [0.1, 0.15) is 32.0 Å². The van der Waals surface area contributed by atoms with Crippen LogP contribution in [0.4, 0.5) is 0 Å². The van der Waals surface area contributed by atoms with Crippen molar-refractivity contribution in [1.82, 2.24) is 4.98 Å². The van der Waals surface area contributed by atoms with Gasteiger partial charge in [-0.2, -0.15) is 0 Å². The van der Waals surface area contributed by atoms with E-state index in [9.17, 15) is 4.79 Å². The summed E-state index contributed by atoms with van der Waals surface area (Å²) in [5.74, 6) is 0.418. The van der Waals surface area contributed by atoms with Crippen LogP contribution in [-0.2, 0) is 16.6 Å². The number of hydrogen-bond acceptors (Lipinski definition) is 3. The number of nitrogens with zero attached hydrogens (tertiary/aromatic N) is 1. The van der Waals surface area contributed by atoms with Gasteiger partial charge in [0.2, 0.25) is 0 Å². The van der Waals surface area contributed by atoms with E-state index in [0.717, 1.165) is 11.3 Å². The van der Waals surface area contributed by atoms with Gasteiger partial charge in [0, 0.05) is 6.20 Å². The van der Waals surface area contributed by atoms with Crippen molar-refractivity contribution in [1.29, 1.82) is 0 Å². The Labute approximate surface area is 83.1 Å². The zero-order valence-corrected chi connectivity index (χ0v) is 8.63. The summed E-state index contributed by atoms with van der Waals surface area (Å²) >= 11 is 0. The van der Waals surface area contributed by atoms with E-state index >= 15 is 0 Å². The van der Waals surface area contributed by atoms with Gasteiger partial charge in [-0.25, -0.2) is 0 Å². The Morgan fingerprint density at radius 2 is 2.14 bits per heavy atom. The molecule has 1 aromatic rings. The maximum Gasteiger partial charge on any atom is 0.317 e. The van der Waals surface area contributed by atoms with Crippen molar-refractivity contribution in [3.05, 3.63) is 23.5 Å². The van der Waals surface area contributed by atoms with Crippen LogP contribution in [0.2, 0.25) is 0 Å². The fourth-order valence-corrected chi connectivity index (χ4v) is 1.40. The van der Waals surface area contributed by atoms with Gasteiger partial charge in [0.1, 0.15) is 0 Å². The van der Waals surface area contributed by atoms with Gasteiger partial charge < -0.3 is 4.74 Å². The minimum Gasteiger partial charge on any atom is -0.424 e. The van der Waals surface area contributed by atoms with Crippen LogP contribution in [0.25, 0.3) is 0 Å². The fraction of sp³-hybridized carbons (Fsp3) is 0.455. The van der Waals surface area contributed by atoms with Gasteiger partial charge in [-0.15, -0.1) is 0 Å². The highest BCUT2D eigenvalue weighted by atomic mass is 16.5. The lowest BCUT2D eigenvalue weighted by Gasteiger charge is -2.18. The van der Waals surface area contributed by atoms with Crippen molar-refractivity contribution in [3.8, 4) is 5.75 Å². The number of fused-ring (bicyclic) bond motifs is 1. The van der Waals surface area contributed by atoms with Gasteiger partial charge >= 0.3 is 5.97 Å². The van der Waals surface area contributed by atoms with Crippen LogP contribution < -0.4 is 4.74 Å². The molecular weight excluding hydrogens is 178 g/mol. The van der Waals surface area contributed by atoms with Crippen LogP contribution in [0.3, 0.4) is 0 Å². The molecule has 1 aliphatic heterocycles. The number of esters is 1. The number of pyridine rings is 1.